The van der Waals surface area contributed by atoms with Gasteiger partial charge in [0.2, 0.25) is 11.8 Å². The van der Waals surface area contributed by atoms with Gasteiger partial charge in [0.25, 0.3) is 0 Å². The standard InChI is InChI=1S/C19H23FN2O2/c20-17-8-4-3-7-16(17)14-19(24)22-11-9-21(10-12-22)18(23)13-15-5-1-2-6-15/h1,3-5,7-8,15H,2,6,9-14H2/t15-/m1/s1. The summed E-state index contributed by atoms with van der Waals surface area (Å²) in [5, 5.41) is 0. The summed E-state index contributed by atoms with van der Waals surface area (Å²) in [7, 11) is 0. The molecule has 0 N–H and O–H groups in total. The van der Waals surface area contributed by atoms with Gasteiger partial charge < -0.3 is 9.80 Å². The first-order chi connectivity index (χ1) is 11.6. The van der Waals surface area contributed by atoms with Crippen molar-refractivity contribution < 1.29 is 14.0 Å². The molecule has 0 saturated carbocycles. The third-order valence-corrected chi connectivity index (χ3v) is 4.83. The lowest BCUT2D eigenvalue weighted by atomic mass is 10.0. The van der Waals surface area contributed by atoms with Gasteiger partial charge in [-0.3, -0.25) is 9.59 Å². The lowest BCUT2D eigenvalue weighted by Crippen LogP contribution is -2.51. The molecule has 1 aromatic carbocycles. The Kier molecular flexibility index (Phi) is 5.28. The van der Waals surface area contributed by atoms with Crippen molar-refractivity contribution in [3.63, 3.8) is 0 Å². The van der Waals surface area contributed by atoms with Gasteiger partial charge in [0.1, 0.15) is 5.82 Å². The molecule has 2 aliphatic rings. The van der Waals surface area contributed by atoms with E-state index in [2.05, 4.69) is 12.2 Å². The number of amides is 2. The molecule has 0 radical (unpaired) electrons. The van der Waals surface area contributed by atoms with Crippen LogP contribution in [-0.2, 0) is 16.0 Å². The molecule has 3 rings (SSSR count). The summed E-state index contributed by atoms with van der Waals surface area (Å²) in [6, 6.07) is 6.37. The van der Waals surface area contributed by atoms with Gasteiger partial charge in [0.15, 0.2) is 0 Å². The number of halogens is 1. The normalized spacial score (nSPS) is 20.5. The molecule has 2 amide bonds. The van der Waals surface area contributed by atoms with Crippen LogP contribution in [0.15, 0.2) is 36.4 Å². The Hall–Kier alpha value is -2.17. The van der Waals surface area contributed by atoms with Crippen LogP contribution >= 0.6 is 0 Å². The van der Waals surface area contributed by atoms with E-state index in [9.17, 15) is 14.0 Å². The van der Waals surface area contributed by atoms with Crippen LogP contribution in [-0.4, -0.2) is 47.8 Å². The van der Waals surface area contributed by atoms with Gasteiger partial charge in [-0.25, -0.2) is 4.39 Å². The Morgan fingerprint density at radius 3 is 2.33 bits per heavy atom. The maximum atomic E-state index is 13.6. The van der Waals surface area contributed by atoms with Crippen LogP contribution in [0.3, 0.4) is 0 Å². The van der Waals surface area contributed by atoms with Crippen LogP contribution in [0.1, 0.15) is 24.8 Å². The number of rotatable bonds is 4. The second kappa shape index (κ2) is 7.60. The second-order valence-corrected chi connectivity index (χ2v) is 6.50. The molecule has 1 aliphatic carbocycles. The first-order valence-corrected chi connectivity index (χ1v) is 8.59. The van der Waals surface area contributed by atoms with E-state index in [0.29, 0.717) is 44.1 Å². The molecule has 1 fully saturated rings. The number of hydrogen-bond acceptors (Lipinski definition) is 2. The third-order valence-electron chi connectivity index (χ3n) is 4.83. The molecule has 5 heteroatoms. The molecule has 0 spiro atoms. The van der Waals surface area contributed by atoms with Crippen molar-refractivity contribution in [3.05, 3.63) is 47.8 Å². The molecule has 0 unspecified atom stereocenters. The fraction of sp³-hybridized carbons (Fsp3) is 0.474. The molecule has 0 bridgehead atoms. The average molecular weight is 330 g/mol. The highest BCUT2D eigenvalue weighted by Crippen LogP contribution is 2.21. The molecule has 0 aromatic heterocycles. The van der Waals surface area contributed by atoms with Crippen LogP contribution in [0.5, 0.6) is 0 Å². The minimum Gasteiger partial charge on any atom is -0.339 e. The predicted molar refractivity (Wildman–Crippen MR) is 89.7 cm³/mol. The number of piperazine rings is 1. The zero-order valence-electron chi connectivity index (χ0n) is 13.8. The third kappa shape index (κ3) is 4.02. The van der Waals surface area contributed by atoms with Crippen molar-refractivity contribution in [3.8, 4) is 0 Å². The highest BCUT2D eigenvalue weighted by atomic mass is 19.1. The van der Waals surface area contributed by atoms with E-state index in [4.69, 9.17) is 0 Å². The Morgan fingerprint density at radius 1 is 1.04 bits per heavy atom. The predicted octanol–water partition coefficient (Wildman–Crippen LogP) is 2.40. The van der Waals surface area contributed by atoms with Crippen molar-refractivity contribution in [2.45, 2.75) is 25.7 Å². The summed E-state index contributed by atoms with van der Waals surface area (Å²) in [5.41, 5.74) is 0.425. The van der Waals surface area contributed by atoms with Crippen molar-refractivity contribution >= 4 is 11.8 Å². The smallest absolute Gasteiger partial charge is 0.227 e. The number of carbonyl (C=O) groups is 2. The van der Waals surface area contributed by atoms with E-state index in [1.807, 2.05) is 4.90 Å². The van der Waals surface area contributed by atoms with Crippen molar-refractivity contribution in [2.24, 2.45) is 5.92 Å². The monoisotopic (exact) mass is 330 g/mol. The van der Waals surface area contributed by atoms with E-state index in [1.54, 1.807) is 23.1 Å². The van der Waals surface area contributed by atoms with Gasteiger partial charge in [0, 0.05) is 32.6 Å². The topological polar surface area (TPSA) is 40.6 Å². The number of allylic oxidation sites excluding steroid dienone is 2. The first-order valence-electron chi connectivity index (χ1n) is 8.59. The Balaban J connectivity index is 1.47. The minimum absolute atomic E-state index is 0.0769. The van der Waals surface area contributed by atoms with Crippen LogP contribution in [0.4, 0.5) is 4.39 Å². The lowest BCUT2D eigenvalue weighted by Gasteiger charge is -2.35. The molecule has 1 heterocycles. The van der Waals surface area contributed by atoms with Gasteiger partial charge >= 0.3 is 0 Å². The van der Waals surface area contributed by atoms with Gasteiger partial charge in [-0.2, -0.15) is 0 Å². The van der Waals surface area contributed by atoms with Crippen LogP contribution in [0.2, 0.25) is 0 Å². The number of carbonyl (C=O) groups excluding carboxylic acids is 2. The van der Waals surface area contributed by atoms with Crippen LogP contribution in [0.25, 0.3) is 0 Å². The van der Waals surface area contributed by atoms with Gasteiger partial charge in [-0.05, 0) is 30.4 Å². The summed E-state index contributed by atoms with van der Waals surface area (Å²) in [6.45, 7) is 2.19. The number of hydrogen-bond donors (Lipinski definition) is 0. The van der Waals surface area contributed by atoms with Crippen molar-refractivity contribution in [2.75, 3.05) is 26.2 Å². The zero-order chi connectivity index (χ0) is 16.9. The SMILES string of the molecule is O=C(Cc1ccccc1F)N1CCN(C(=O)C[C@@H]2C=CCC2)CC1. The van der Waals surface area contributed by atoms with Gasteiger partial charge in [0.05, 0.1) is 6.42 Å². The molecule has 1 atom stereocenters. The highest BCUT2D eigenvalue weighted by Gasteiger charge is 2.26. The van der Waals surface area contributed by atoms with Crippen LogP contribution in [0, 0.1) is 11.7 Å². The maximum Gasteiger partial charge on any atom is 0.227 e. The summed E-state index contributed by atoms with van der Waals surface area (Å²) < 4.78 is 13.6. The maximum absolute atomic E-state index is 13.6. The molecule has 24 heavy (non-hydrogen) atoms. The molecule has 128 valence electrons. The Labute approximate surface area is 141 Å². The molecule has 1 aliphatic heterocycles. The average Bonchev–Trinajstić information content (AvgIpc) is 3.10. The Bertz CT molecular complexity index is 636. The fourth-order valence-electron chi connectivity index (χ4n) is 3.34. The van der Waals surface area contributed by atoms with E-state index >= 15 is 0 Å². The molecule has 1 saturated heterocycles. The van der Waals surface area contributed by atoms with Gasteiger partial charge in [-0.1, -0.05) is 30.4 Å². The van der Waals surface area contributed by atoms with E-state index in [-0.39, 0.29) is 24.1 Å². The summed E-state index contributed by atoms with van der Waals surface area (Å²) in [4.78, 5) is 28.2. The van der Waals surface area contributed by atoms with Crippen molar-refractivity contribution in [1.29, 1.82) is 0 Å². The van der Waals surface area contributed by atoms with E-state index < -0.39 is 0 Å². The van der Waals surface area contributed by atoms with Crippen LogP contribution < -0.4 is 0 Å². The molecular weight excluding hydrogens is 307 g/mol. The number of benzene rings is 1. The van der Waals surface area contributed by atoms with Gasteiger partial charge in [-0.15, -0.1) is 0 Å². The second-order valence-electron chi connectivity index (χ2n) is 6.50. The quantitative estimate of drug-likeness (QED) is 0.796. The Morgan fingerprint density at radius 2 is 1.71 bits per heavy atom. The molecule has 4 nitrogen and oxygen atoms in total. The largest absolute Gasteiger partial charge is 0.339 e. The minimum atomic E-state index is -0.343. The highest BCUT2D eigenvalue weighted by molar-refractivity contribution is 5.80. The molecular formula is C19H23FN2O2. The van der Waals surface area contributed by atoms with E-state index in [0.717, 1.165) is 12.8 Å². The number of nitrogens with zero attached hydrogens (tertiary/aromatic N) is 2. The fourth-order valence-corrected chi connectivity index (χ4v) is 3.34. The summed E-state index contributed by atoms with van der Waals surface area (Å²) in [5.74, 6) is 0.126. The molecule has 1 aromatic rings. The summed E-state index contributed by atoms with van der Waals surface area (Å²) >= 11 is 0. The first kappa shape index (κ1) is 16.7. The van der Waals surface area contributed by atoms with E-state index in [1.165, 1.54) is 6.07 Å². The zero-order valence-corrected chi connectivity index (χ0v) is 13.8. The summed E-state index contributed by atoms with van der Waals surface area (Å²) in [6.07, 6.45) is 7.04. The lowest BCUT2D eigenvalue weighted by molar-refractivity contribution is -0.139. The van der Waals surface area contributed by atoms with Crippen molar-refractivity contribution in [1.82, 2.24) is 9.80 Å².